The molecule has 0 aliphatic rings. The molecular weight excluding hydrogens is 272 g/mol. The van der Waals surface area contributed by atoms with Crippen molar-refractivity contribution in [2.24, 2.45) is 0 Å². The topological polar surface area (TPSA) is 76.1 Å². The van der Waals surface area contributed by atoms with Crippen molar-refractivity contribution in [3.05, 3.63) is 72.8 Å². The minimum atomic E-state index is 0.590. The highest BCUT2D eigenvalue weighted by molar-refractivity contribution is 5.92. The molecule has 0 heterocycles. The SMILES string of the molecule is Nc1ccc(Nc2ccccc2)c(N)c1Nc1ccccc1. The molecular formula is C18H18N4. The van der Waals surface area contributed by atoms with Gasteiger partial charge in [0.05, 0.1) is 22.7 Å². The number of nitrogens with two attached hydrogens (primary N) is 2. The van der Waals surface area contributed by atoms with Crippen molar-refractivity contribution in [1.82, 2.24) is 0 Å². The number of anilines is 6. The summed E-state index contributed by atoms with van der Waals surface area (Å²) >= 11 is 0. The first-order chi connectivity index (χ1) is 10.7. The molecule has 110 valence electrons. The maximum Gasteiger partial charge on any atom is 0.0872 e. The Morgan fingerprint density at radius 2 is 1.14 bits per heavy atom. The summed E-state index contributed by atoms with van der Waals surface area (Å²) in [5, 5.41) is 6.58. The zero-order valence-electron chi connectivity index (χ0n) is 12.1. The Labute approximate surface area is 129 Å². The zero-order chi connectivity index (χ0) is 15.4. The Hall–Kier alpha value is -3.14. The van der Waals surface area contributed by atoms with Crippen molar-refractivity contribution in [2.75, 3.05) is 22.1 Å². The molecule has 0 atom stereocenters. The highest BCUT2D eigenvalue weighted by atomic mass is 15.0. The minimum absolute atomic E-state index is 0.590. The van der Waals surface area contributed by atoms with Crippen LogP contribution >= 0.6 is 0 Å². The highest BCUT2D eigenvalue weighted by Gasteiger charge is 2.09. The minimum Gasteiger partial charge on any atom is -0.397 e. The summed E-state index contributed by atoms with van der Waals surface area (Å²) in [6.07, 6.45) is 0. The molecule has 0 spiro atoms. The lowest BCUT2D eigenvalue weighted by molar-refractivity contribution is 1.51. The molecule has 0 aliphatic carbocycles. The largest absolute Gasteiger partial charge is 0.397 e. The van der Waals surface area contributed by atoms with Crippen LogP contribution in [0.15, 0.2) is 72.8 Å². The number of benzene rings is 3. The standard InChI is InChI=1S/C18H18N4/c19-15-11-12-16(21-13-7-3-1-4-8-13)17(20)18(15)22-14-9-5-2-6-10-14/h1-12,21-22H,19-20H2. The van der Waals surface area contributed by atoms with Gasteiger partial charge in [-0.05, 0) is 36.4 Å². The van der Waals surface area contributed by atoms with Crippen LogP contribution in [0, 0.1) is 0 Å². The Balaban J connectivity index is 1.92. The van der Waals surface area contributed by atoms with Crippen molar-refractivity contribution in [1.29, 1.82) is 0 Å². The fourth-order valence-corrected chi connectivity index (χ4v) is 2.23. The van der Waals surface area contributed by atoms with Crippen molar-refractivity contribution < 1.29 is 0 Å². The summed E-state index contributed by atoms with van der Waals surface area (Å²) in [5.74, 6) is 0. The molecule has 0 saturated heterocycles. The molecule has 0 aromatic heterocycles. The molecule has 6 N–H and O–H groups in total. The molecule has 0 radical (unpaired) electrons. The first-order valence-corrected chi connectivity index (χ1v) is 7.06. The third kappa shape index (κ3) is 2.96. The van der Waals surface area contributed by atoms with E-state index in [-0.39, 0.29) is 0 Å². The van der Waals surface area contributed by atoms with Crippen molar-refractivity contribution in [3.63, 3.8) is 0 Å². The Kier molecular flexibility index (Phi) is 3.83. The number of hydrogen-bond acceptors (Lipinski definition) is 4. The van der Waals surface area contributed by atoms with E-state index in [1.54, 1.807) is 0 Å². The van der Waals surface area contributed by atoms with Crippen LogP contribution in [0.3, 0.4) is 0 Å². The van der Waals surface area contributed by atoms with E-state index >= 15 is 0 Å². The van der Waals surface area contributed by atoms with Crippen LogP contribution in [0.2, 0.25) is 0 Å². The van der Waals surface area contributed by atoms with Gasteiger partial charge in [-0.1, -0.05) is 36.4 Å². The van der Waals surface area contributed by atoms with Gasteiger partial charge in [0, 0.05) is 11.4 Å². The van der Waals surface area contributed by atoms with Crippen LogP contribution in [0.1, 0.15) is 0 Å². The molecule has 0 aliphatic heterocycles. The monoisotopic (exact) mass is 290 g/mol. The maximum atomic E-state index is 6.27. The number of hydrogen-bond donors (Lipinski definition) is 4. The molecule has 3 rings (SSSR count). The molecule has 0 amide bonds. The molecule has 3 aromatic carbocycles. The van der Waals surface area contributed by atoms with Gasteiger partial charge in [-0.25, -0.2) is 0 Å². The first kappa shape index (κ1) is 13.8. The van der Waals surface area contributed by atoms with Crippen molar-refractivity contribution in [3.8, 4) is 0 Å². The van der Waals surface area contributed by atoms with E-state index in [9.17, 15) is 0 Å². The summed E-state index contributed by atoms with van der Waals surface area (Å²) in [7, 11) is 0. The summed E-state index contributed by atoms with van der Waals surface area (Å²) in [5.41, 5.74) is 17.0. The molecule has 0 fully saturated rings. The lowest BCUT2D eigenvalue weighted by atomic mass is 10.1. The van der Waals surface area contributed by atoms with E-state index in [1.807, 2.05) is 72.8 Å². The van der Waals surface area contributed by atoms with Gasteiger partial charge in [0.1, 0.15) is 0 Å². The molecule has 0 saturated carbocycles. The van der Waals surface area contributed by atoms with E-state index in [0.717, 1.165) is 17.1 Å². The lowest BCUT2D eigenvalue weighted by Gasteiger charge is -2.16. The lowest BCUT2D eigenvalue weighted by Crippen LogP contribution is -2.04. The molecule has 4 nitrogen and oxygen atoms in total. The first-order valence-electron chi connectivity index (χ1n) is 7.06. The van der Waals surface area contributed by atoms with Crippen LogP contribution < -0.4 is 22.1 Å². The van der Waals surface area contributed by atoms with Gasteiger partial charge in [0.2, 0.25) is 0 Å². The van der Waals surface area contributed by atoms with Gasteiger partial charge < -0.3 is 22.1 Å². The van der Waals surface area contributed by atoms with E-state index in [2.05, 4.69) is 10.6 Å². The van der Waals surface area contributed by atoms with E-state index in [4.69, 9.17) is 11.5 Å². The van der Waals surface area contributed by atoms with Crippen LogP contribution in [-0.2, 0) is 0 Å². The molecule has 0 unspecified atom stereocenters. The van der Waals surface area contributed by atoms with Gasteiger partial charge in [-0.15, -0.1) is 0 Å². The van der Waals surface area contributed by atoms with Gasteiger partial charge in [-0.2, -0.15) is 0 Å². The van der Waals surface area contributed by atoms with Crippen LogP contribution in [0.25, 0.3) is 0 Å². The van der Waals surface area contributed by atoms with Gasteiger partial charge in [0.15, 0.2) is 0 Å². The summed E-state index contributed by atoms with van der Waals surface area (Å²) in [6.45, 7) is 0. The molecule has 3 aromatic rings. The van der Waals surface area contributed by atoms with E-state index < -0.39 is 0 Å². The highest BCUT2D eigenvalue weighted by Crippen LogP contribution is 2.36. The van der Waals surface area contributed by atoms with Crippen molar-refractivity contribution in [2.45, 2.75) is 0 Å². The number of rotatable bonds is 4. The van der Waals surface area contributed by atoms with Crippen molar-refractivity contribution >= 4 is 34.1 Å². The second-order valence-corrected chi connectivity index (χ2v) is 4.97. The van der Waals surface area contributed by atoms with Gasteiger partial charge in [-0.3, -0.25) is 0 Å². The van der Waals surface area contributed by atoms with Crippen LogP contribution in [0.5, 0.6) is 0 Å². The summed E-state index contributed by atoms with van der Waals surface area (Å²) < 4.78 is 0. The zero-order valence-corrected chi connectivity index (χ0v) is 12.1. The molecule has 0 bridgehead atoms. The second kappa shape index (κ2) is 6.10. The third-order valence-electron chi connectivity index (χ3n) is 3.37. The third-order valence-corrected chi connectivity index (χ3v) is 3.37. The second-order valence-electron chi connectivity index (χ2n) is 4.97. The van der Waals surface area contributed by atoms with E-state index in [0.29, 0.717) is 17.1 Å². The maximum absolute atomic E-state index is 6.27. The molecule has 4 heteroatoms. The number of nitrogen functional groups attached to an aromatic ring is 2. The van der Waals surface area contributed by atoms with E-state index in [1.165, 1.54) is 0 Å². The Morgan fingerprint density at radius 3 is 1.73 bits per heavy atom. The van der Waals surface area contributed by atoms with Gasteiger partial charge >= 0.3 is 0 Å². The predicted octanol–water partition coefficient (Wildman–Crippen LogP) is 4.34. The predicted molar refractivity (Wildman–Crippen MR) is 94.7 cm³/mol. The quantitative estimate of drug-likeness (QED) is 0.539. The molecule has 22 heavy (non-hydrogen) atoms. The summed E-state index contributed by atoms with van der Waals surface area (Å²) in [6, 6.07) is 23.4. The average Bonchev–Trinajstić information content (AvgIpc) is 2.56. The van der Waals surface area contributed by atoms with Crippen LogP contribution in [0.4, 0.5) is 34.1 Å². The fourth-order valence-electron chi connectivity index (χ4n) is 2.23. The summed E-state index contributed by atoms with van der Waals surface area (Å²) in [4.78, 5) is 0. The van der Waals surface area contributed by atoms with Crippen LogP contribution in [-0.4, -0.2) is 0 Å². The normalized spacial score (nSPS) is 10.2. The Morgan fingerprint density at radius 1 is 0.591 bits per heavy atom. The number of nitrogens with one attached hydrogen (secondary N) is 2. The number of para-hydroxylation sites is 2. The smallest absolute Gasteiger partial charge is 0.0872 e. The van der Waals surface area contributed by atoms with Gasteiger partial charge in [0.25, 0.3) is 0 Å². The Bertz CT molecular complexity index is 755. The fraction of sp³-hybridized carbons (Fsp3) is 0. The average molecular weight is 290 g/mol.